The molecular formula is C25H20BrClN4O4. The molecule has 0 radical (unpaired) electrons. The zero-order valence-corrected chi connectivity index (χ0v) is 21.0. The van der Waals surface area contributed by atoms with Gasteiger partial charge in [-0.25, -0.2) is 4.68 Å². The fourth-order valence-electron chi connectivity index (χ4n) is 3.41. The monoisotopic (exact) mass is 554 g/mol. The van der Waals surface area contributed by atoms with Gasteiger partial charge < -0.3 is 15.4 Å². The third kappa shape index (κ3) is 5.47. The van der Waals surface area contributed by atoms with Crippen molar-refractivity contribution in [2.24, 2.45) is 0 Å². The molecule has 0 saturated carbocycles. The molecule has 178 valence electrons. The predicted molar refractivity (Wildman–Crippen MR) is 140 cm³/mol. The lowest BCUT2D eigenvalue weighted by molar-refractivity contribution is -0.133. The van der Waals surface area contributed by atoms with E-state index in [2.05, 4.69) is 32.0 Å². The molecule has 8 nitrogen and oxygen atoms in total. The van der Waals surface area contributed by atoms with Crippen LogP contribution in [0.15, 0.2) is 71.2 Å². The molecule has 4 aromatic rings. The van der Waals surface area contributed by atoms with Crippen LogP contribution >= 0.6 is 27.5 Å². The molecule has 0 aliphatic carbocycles. The van der Waals surface area contributed by atoms with E-state index in [4.69, 9.17) is 16.3 Å². The number of anilines is 2. The number of carbonyl (C=O) groups is 3. The molecule has 10 heteroatoms. The smallest absolute Gasteiger partial charge is 0.328 e. The Balaban J connectivity index is 1.60. The quantitative estimate of drug-likeness (QED) is 0.290. The average molecular weight is 556 g/mol. The summed E-state index contributed by atoms with van der Waals surface area (Å²) in [5.41, 5.74) is 5.07. The zero-order valence-electron chi connectivity index (χ0n) is 18.7. The summed E-state index contributed by atoms with van der Waals surface area (Å²) < 4.78 is 7.26. The lowest BCUT2D eigenvalue weighted by Crippen LogP contribution is -2.36. The Morgan fingerprint density at radius 2 is 1.60 bits per heavy atom. The van der Waals surface area contributed by atoms with E-state index in [1.54, 1.807) is 54.6 Å². The summed E-state index contributed by atoms with van der Waals surface area (Å²) in [5.74, 6) is -1.72. The summed E-state index contributed by atoms with van der Waals surface area (Å²) in [6, 6.07) is 18.4. The van der Waals surface area contributed by atoms with E-state index in [9.17, 15) is 14.4 Å². The summed E-state index contributed by atoms with van der Waals surface area (Å²) >= 11 is 9.55. The standard InChI is InChI=1S/C25H20BrClN4O4/c1-14-11-18(6-9-20(14)26)29-23(32)22-13-15-12-16(27)3-10-21(15)31(22)30-25(34)24(33)28-17-4-7-19(35-2)8-5-17/h3-13H,1-2H3,(H,28,33)(H,29,32)(H,30,34). The number of aryl methyl sites for hydroxylation is 1. The summed E-state index contributed by atoms with van der Waals surface area (Å²) in [5, 5.41) is 6.42. The van der Waals surface area contributed by atoms with E-state index in [0.29, 0.717) is 33.0 Å². The van der Waals surface area contributed by atoms with Crippen LogP contribution in [0, 0.1) is 6.92 Å². The number of ether oxygens (including phenoxy) is 1. The highest BCUT2D eigenvalue weighted by atomic mass is 79.9. The van der Waals surface area contributed by atoms with Gasteiger partial charge in [0, 0.05) is 26.3 Å². The minimum atomic E-state index is -0.957. The first-order chi connectivity index (χ1) is 16.7. The second-order valence-corrected chi connectivity index (χ2v) is 8.90. The van der Waals surface area contributed by atoms with E-state index < -0.39 is 17.7 Å². The number of nitrogens with one attached hydrogen (secondary N) is 3. The molecule has 0 unspecified atom stereocenters. The molecule has 1 heterocycles. The lowest BCUT2D eigenvalue weighted by atomic mass is 10.2. The van der Waals surface area contributed by atoms with Gasteiger partial charge in [0.05, 0.1) is 12.6 Å². The largest absolute Gasteiger partial charge is 0.497 e. The van der Waals surface area contributed by atoms with Crippen LogP contribution < -0.4 is 20.8 Å². The number of methoxy groups -OCH3 is 1. The number of nitrogens with zero attached hydrogens (tertiary/aromatic N) is 1. The molecule has 0 bridgehead atoms. The third-order valence-corrected chi connectivity index (χ3v) is 6.30. The molecule has 0 fully saturated rings. The highest BCUT2D eigenvalue weighted by Gasteiger charge is 2.21. The number of fused-ring (bicyclic) bond motifs is 1. The van der Waals surface area contributed by atoms with Gasteiger partial charge in [0.2, 0.25) is 0 Å². The van der Waals surface area contributed by atoms with Crippen LogP contribution in [0.4, 0.5) is 11.4 Å². The van der Waals surface area contributed by atoms with Gasteiger partial charge >= 0.3 is 11.8 Å². The Morgan fingerprint density at radius 1 is 0.886 bits per heavy atom. The normalized spacial score (nSPS) is 10.6. The van der Waals surface area contributed by atoms with Crippen molar-refractivity contribution in [1.29, 1.82) is 0 Å². The van der Waals surface area contributed by atoms with Gasteiger partial charge in [-0.3, -0.25) is 19.8 Å². The predicted octanol–water partition coefficient (Wildman–Crippen LogP) is 5.34. The molecule has 3 aromatic carbocycles. The molecule has 35 heavy (non-hydrogen) atoms. The van der Waals surface area contributed by atoms with Gasteiger partial charge in [-0.1, -0.05) is 27.5 Å². The van der Waals surface area contributed by atoms with Gasteiger partial charge in [-0.15, -0.1) is 0 Å². The molecule has 1 aromatic heterocycles. The lowest BCUT2D eigenvalue weighted by Gasteiger charge is -2.13. The topological polar surface area (TPSA) is 101 Å². The van der Waals surface area contributed by atoms with Crippen LogP contribution in [-0.2, 0) is 9.59 Å². The Labute approximate surface area is 214 Å². The fourth-order valence-corrected chi connectivity index (χ4v) is 3.83. The number of hydrogen-bond donors (Lipinski definition) is 3. The summed E-state index contributed by atoms with van der Waals surface area (Å²) in [6.45, 7) is 1.90. The first-order valence-electron chi connectivity index (χ1n) is 10.4. The molecule has 3 amide bonds. The van der Waals surface area contributed by atoms with Crippen molar-refractivity contribution >= 4 is 67.5 Å². The van der Waals surface area contributed by atoms with E-state index >= 15 is 0 Å². The third-order valence-electron chi connectivity index (χ3n) is 5.18. The molecule has 0 spiro atoms. The zero-order chi connectivity index (χ0) is 25.1. The summed E-state index contributed by atoms with van der Waals surface area (Å²) in [4.78, 5) is 38.4. The number of rotatable bonds is 5. The average Bonchev–Trinajstić information content (AvgIpc) is 3.19. The molecule has 3 N–H and O–H groups in total. The number of carbonyl (C=O) groups excluding carboxylic acids is 3. The Morgan fingerprint density at radius 3 is 2.29 bits per heavy atom. The van der Waals surface area contributed by atoms with Crippen LogP contribution in [0.3, 0.4) is 0 Å². The van der Waals surface area contributed by atoms with Crippen LogP contribution in [0.25, 0.3) is 10.9 Å². The molecular weight excluding hydrogens is 536 g/mol. The first-order valence-corrected chi connectivity index (χ1v) is 11.6. The van der Waals surface area contributed by atoms with Crippen molar-refractivity contribution in [3.63, 3.8) is 0 Å². The van der Waals surface area contributed by atoms with E-state index in [0.717, 1.165) is 10.0 Å². The summed E-state index contributed by atoms with van der Waals surface area (Å²) in [6.07, 6.45) is 0. The number of aromatic nitrogens is 1. The number of benzene rings is 3. The van der Waals surface area contributed by atoms with Gasteiger partial charge in [-0.05, 0) is 79.2 Å². The Kier molecular flexibility index (Phi) is 7.09. The Hall–Kier alpha value is -3.82. The van der Waals surface area contributed by atoms with Crippen molar-refractivity contribution in [3.05, 3.63) is 87.5 Å². The van der Waals surface area contributed by atoms with E-state index in [1.807, 2.05) is 19.1 Å². The van der Waals surface area contributed by atoms with Crippen LogP contribution in [0.5, 0.6) is 5.75 Å². The maximum Gasteiger partial charge on any atom is 0.328 e. The number of hydrogen-bond acceptors (Lipinski definition) is 4. The van der Waals surface area contributed by atoms with Crippen LogP contribution in [0.1, 0.15) is 16.1 Å². The van der Waals surface area contributed by atoms with Gasteiger partial charge in [-0.2, -0.15) is 0 Å². The second kappa shape index (κ2) is 10.2. The van der Waals surface area contributed by atoms with Crippen molar-refractivity contribution < 1.29 is 19.1 Å². The highest BCUT2D eigenvalue weighted by Crippen LogP contribution is 2.25. The SMILES string of the molecule is COc1ccc(NC(=O)C(=O)Nn2c(C(=O)Nc3ccc(Br)c(C)c3)cc3cc(Cl)ccc32)cc1. The van der Waals surface area contributed by atoms with Gasteiger partial charge in [0.1, 0.15) is 11.4 Å². The molecule has 0 atom stereocenters. The minimum absolute atomic E-state index is 0.119. The molecule has 0 saturated heterocycles. The van der Waals surface area contributed by atoms with Crippen LogP contribution in [-0.4, -0.2) is 29.5 Å². The fraction of sp³-hybridized carbons (Fsp3) is 0.0800. The van der Waals surface area contributed by atoms with Gasteiger partial charge in [0.25, 0.3) is 5.91 Å². The maximum atomic E-state index is 13.1. The molecule has 4 rings (SSSR count). The van der Waals surface area contributed by atoms with Crippen molar-refractivity contribution in [2.75, 3.05) is 23.2 Å². The highest BCUT2D eigenvalue weighted by molar-refractivity contribution is 9.10. The summed E-state index contributed by atoms with van der Waals surface area (Å²) in [7, 11) is 1.53. The van der Waals surface area contributed by atoms with Crippen LogP contribution in [0.2, 0.25) is 5.02 Å². The van der Waals surface area contributed by atoms with Crippen molar-refractivity contribution in [3.8, 4) is 5.75 Å². The van der Waals surface area contributed by atoms with E-state index in [-0.39, 0.29) is 5.69 Å². The van der Waals surface area contributed by atoms with Crippen molar-refractivity contribution in [2.45, 2.75) is 6.92 Å². The van der Waals surface area contributed by atoms with Crippen molar-refractivity contribution in [1.82, 2.24) is 4.68 Å². The first kappa shape index (κ1) is 24.3. The Bertz CT molecular complexity index is 1450. The van der Waals surface area contributed by atoms with Gasteiger partial charge in [0.15, 0.2) is 0 Å². The molecule has 0 aliphatic heterocycles. The molecule has 0 aliphatic rings. The second-order valence-electron chi connectivity index (χ2n) is 7.61. The maximum absolute atomic E-state index is 13.1. The minimum Gasteiger partial charge on any atom is -0.497 e. The number of halogens is 2. The number of amides is 3. The van der Waals surface area contributed by atoms with E-state index in [1.165, 1.54) is 11.8 Å².